The first-order chi connectivity index (χ1) is 32.0. The number of carboxylic acid groups (broad SMARTS) is 2. The molecule has 340 valence electrons. The van der Waals surface area contributed by atoms with E-state index in [9.17, 15) is 19.2 Å². The molecule has 0 spiro atoms. The highest BCUT2D eigenvalue weighted by Gasteiger charge is 2.26. The number of ether oxygens (including phenoxy) is 2. The number of rotatable bonds is 24. The molecule has 4 heterocycles. The molecule has 4 aromatic heterocycles. The molecule has 0 saturated heterocycles. The lowest BCUT2D eigenvalue weighted by Crippen LogP contribution is -2.36. The Balaban J connectivity index is 0.000000251. The lowest BCUT2D eigenvalue weighted by molar-refractivity contribution is -0.138. The van der Waals surface area contributed by atoms with Crippen LogP contribution in [0.15, 0.2) is 115 Å². The number of hydrogen-bond donors (Lipinski definition) is 2. The summed E-state index contributed by atoms with van der Waals surface area (Å²) in [6, 6.07) is 18.9. The lowest BCUT2D eigenvalue weighted by atomic mass is 10.1. The topological polar surface area (TPSA) is 212 Å². The summed E-state index contributed by atoms with van der Waals surface area (Å²) in [7, 11) is 0. The number of oxazole rings is 2. The van der Waals surface area contributed by atoms with Gasteiger partial charge in [0.1, 0.15) is 11.5 Å². The lowest BCUT2D eigenvalue weighted by Gasteiger charge is -2.26. The number of nitrogens with zero attached hydrogens (tertiary/aromatic N) is 4. The summed E-state index contributed by atoms with van der Waals surface area (Å²) in [5.41, 5.74) is 0.954. The number of benzene rings is 2. The smallest absolute Gasteiger partial charge is 0.303 e. The Labute approximate surface area is 376 Å². The van der Waals surface area contributed by atoms with Crippen LogP contribution in [0, 0.1) is 0 Å². The van der Waals surface area contributed by atoms with Gasteiger partial charge in [0.25, 0.3) is 23.6 Å². The maximum atomic E-state index is 13.3. The molecule has 0 unspecified atom stereocenters. The van der Waals surface area contributed by atoms with Crippen molar-refractivity contribution in [3.63, 3.8) is 0 Å². The molecule has 0 aliphatic rings. The van der Waals surface area contributed by atoms with Gasteiger partial charge in [0.15, 0.2) is 11.5 Å². The van der Waals surface area contributed by atoms with Crippen LogP contribution >= 0.6 is 0 Å². The van der Waals surface area contributed by atoms with Crippen LogP contribution in [0.3, 0.4) is 0 Å². The van der Waals surface area contributed by atoms with Gasteiger partial charge in [-0.15, -0.1) is 0 Å². The molecule has 0 aliphatic carbocycles. The van der Waals surface area contributed by atoms with Gasteiger partial charge < -0.3 is 47.2 Å². The largest absolute Gasteiger partial charge is 0.493 e. The van der Waals surface area contributed by atoms with Crippen molar-refractivity contribution in [3.8, 4) is 34.8 Å². The number of unbranched alkanes of at least 4 members (excludes halogenated alkanes) is 4. The standard InChI is InChI=1S/2C24H28N2O6/c2*1-17(2)26(24(29)21-15-25-23(32-21)20-11-8-14-31-20)16-18-9-5-6-10-19(18)30-13-7-3-4-12-22(27)28/h2*5-6,8-11,14-15,17H,3-4,7,12-13,16H2,1-2H3,(H,27,28)/i17D;16D2. The summed E-state index contributed by atoms with van der Waals surface area (Å²) < 4.78 is 59.6. The van der Waals surface area contributed by atoms with E-state index in [-0.39, 0.29) is 48.3 Å². The maximum absolute atomic E-state index is 13.3. The average molecular weight is 884 g/mol. The van der Waals surface area contributed by atoms with E-state index in [4.69, 9.17) is 41.5 Å². The molecule has 2 N–H and O–H groups in total. The summed E-state index contributed by atoms with van der Waals surface area (Å²) in [6.07, 6.45) is 9.73. The zero-order valence-electron chi connectivity index (χ0n) is 39.4. The van der Waals surface area contributed by atoms with Crippen molar-refractivity contribution in [1.82, 2.24) is 19.8 Å². The van der Waals surface area contributed by atoms with Gasteiger partial charge in [-0.2, -0.15) is 0 Å². The third-order valence-electron chi connectivity index (χ3n) is 9.43. The Bertz CT molecular complexity index is 2490. The minimum atomic E-state index is -2.22. The van der Waals surface area contributed by atoms with Gasteiger partial charge >= 0.3 is 11.9 Å². The van der Waals surface area contributed by atoms with E-state index in [2.05, 4.69) is 9.97 Å². The Kier molecular flexibility index (Phi) is 16.7. The highest BCUT2D eigenvalue weighted by atomic mass is 16.5. The van der Waals surface area contributed by atoms with E-state index >= 15 is 0 Å². The number of amides is 2. The summed E-state index contributed by atoms with van der Waals surface area (Å²) in [6.45, 7) is 5.34. The van der Waals surface area contributed by atoms with E-state index in [1.54, 1.807) is 76.2 Å². The first-order valence-electron chi connectivity index (χ1n) is 22.5. The Morgan fingerprint density at radius 2 is 1.11 bits per heavy atom. The molecule has 6 aromatic rings. The fraction of sp³-hybridized carbons (Fsp3) is 0.375. The number of hydrogen-bond acceptors (Lipinski definition) is 12. The third-order valence-corrected chi connectivity index (χ3v) is 9.43. The number of furan rings is 2. The summed E-state index contributed by atoms with van der Waals surface area (Å²) in [5, 5.41) is 17.4. The first-order valence-corrected chi connectivity index (χ1v) is 21.0. The molecule has 0 saturated carbocycles. The van der Waals surface area contributed by atoms with Crippen LogP contribution in [0.25, 0.3) is 23.3 Å². The van der Waals surface area contributed by atoms with Crippen molar-refractivity contribution in [1.29, 1.82) is 0 Å². The molecule has 64 heavy (non-hydrogen) atoms. The molecule has 0 radical (unpaired) electrons. The Morgan fingerprint density at radius 3 is 1.56 bits per heavy atom. The van der Waals surface area contributed by atoms with Crippen LogP contribution in [0.5, 0.6) is 11.5 Å². The van der Waals surface area contributed by atoms with Crippen LogP contribution < -0.4 is 9.47 Å². The number of aliphatic carboxylic acids is 2. The van der Waals surface area contributed by atoms with Crippen molar-refractivity contribution in [2.75, 3.05) is 13.2 Å². The predicted octanol–water partition coefficient (Wildman–Crippen LogP) is 10.0. The fourth-order valence-electron chi connectivity index (χ4n) is 6.11. The minimum Gasteiger partial charge on any atom is -0.493 e. The molecule has 0 atom stereocenters. The monoisotopic (exact) mass is 883 g/mol. The molecule has 16 nitrogen and oxygen atoms in total. The van der Waals surface area contributed by atoms with Crippen molar-refractivity contribution in [3.05, 3.63) is 120 Å². The second-order valence-electron chi connectivity index (χ2n) is 14.9. The summed E-state index contributed by atoms with van der Waals surface area (Å²) in [4.78, 5) is 58.4. The molecule has 0 bridgehead atoms. The van der Waals surface area contributed by atoms with Crippen molar-refractivity contribution < 1.29 is 60.6 Å². The van der Waals surface area contributed by atoms with E-state index in [1.807, 2.05) is 24.3 Å². The zero-order chi connectivity index (χ0) is 48.6. The van der Waals surface area contributed by atoms with E-state index in [0.29, 0.717) is 61.9 Å². The van der Waals surface area contributed by atoms with Gasteiger partial charge in [-0.3, -0.25) is 19.2 Å². The predicted molar refractivity (Wildman–Crippen MR) is 235 cm³/mol. The van der Waals surface area contributed by atoms with Crippen LogP contribution in [0.4, 0.5) is 0 Å². The number of carbonyl (C=O) groups is 4. The second-order valence-corrected chi connectivity index (χ2v) is 14.9. The SMILES string of the molecule is [2H]C(C)(C)N(Cc1ccccc1OCCCCCC(=O)O)C(=O)c1cnc(-c2ccco2)o1.[2H]C([2H])(c1ccccc1OCCCCCC(=O)O)N(C(=O)c1cnc(-c2ccco2)o1)C(C)C. The number of carboxylic acids is 2. The number of carbonyl (C=O) groups excluding carboxylic acids is 2. The van der Waals surface area contributed by atoms with E-state index in [1.165, 1.54) is 29.8 Å². The van der Waals surface area contributed by atoms with Crippen LogP contribution in [0.2, 0.25) is 0 Å². The summed E-state index contributed by atoms with van der Waals surface area (Å²) in [5.74, 6) is -0.829. The highest BCUT2D eigenvalue weighted by molar-refractivity contribution is 5.92. The van der Waals surface area contributed by atoms with Gasteiger partial charge in [0, 0.05) is 36.0 Å². The fourth-order valence-corrected chi connectivity index (χ4v) is 6.11. The molecular formula is C48H56N4O12. The van der Waals surface area contributed by atoms with Gasteiger partial charge in [0.05, 0.1) is 55.3 Å². The molecule has 2 amide bonds. The van der Waals surface area contributed by atoms with Crippen molar-refractivity contribution >= 4 is 23.8 Å². The quantitative estimate of drug-likeness (QED) is 0.0542. The second kappa shape index (κ2) is 24.5. The minimum absolute atomic E-state index is 0.0126. The average Bonchev–Trinajstić information content (AvgIpc) is 4.13. The van der Waals surface area contributed by atoms with E-state index in [0.717, 1.165) is 23.3 Å². The highest BCUT2D eigenvalue weighted by Crippen LogP contribution is 2.27. The third kappa shape index (κ3) is 14.5. The maximum Gasteiger partial charge on any atom is 0.303 e. The number of aromatic nitrogens is 2. The first kappa shape index (κ1) is 43.5. The molecule has 0 fully saturated rings. The molecule has 16 heteroatoms. The van der Waals surface area contributed by atoms with Crippen LogP contribution in [-0.2, 0) is 22.6 Å². The molecule has 6 rings (SSSR count). The summed E-state index contributed by atoms with van der Waals surface area (Å²) >= 11 is 0. The number of para-hydroxylation sites is 2. The van der Waals surface area contributed by atoms with Gasteiger partial charge in [-0.25, -0.2) is 9.97 Å². The van der Waals surface area contributed by atoms with E-state index < -0.39 is 42.3 Å². The normalized spacial score (nSPS) is 12.0. The molecule has 2 aromatic carbocycles. The molecular weight excluding hydrogens is 825 g/mol. The van der Waals surface area contributed by atoms with Crippen molar-refractivity contribution in [2.24, 2.45) is 0 Å². The van der Waals surface area contributed by atoms with Gasteiger partial charge in [-0.05, 0) is 103 Å². The van der Waals surface area contributed by atoms with Crippen molar-refractivity contribution in [2.45, 2.75) is 104 Å². The zero-order valence-corrected chi connectivity index (χ0v) is 36.4. The van der Waals surface area contributed by atoms with Crippen LogP contribution in [0.1, 0.15) is 115 Å². The van der Waals surface area contributed by atoms with Gasteiger partial charge in [0.2, 0.25) is 11.5 Å². The Hall–Kier alpha value is -7.10. The van der Waals surface area contributed by atoms with Gasteiger partial charge in [-0.1, -0.05) is 36.4 Å². The van der Waals surface area contributed by atoms with Crippen LogP contribution in [-0.4, -0.2) is 79.0 Å². The Morgan fingerprint density at radius 1 is 0.641 bits per heavy atom. The molecule has 0 aliphatic heterocycles.